The summed E-state index contributed by atoms with van der Waals surface area (Å²) in [7, 11) is 0. The standard InChI is InChI=1S/C29H45N5O7/c1-28(2,3)22(26(39)40)33-27(41)32-19(14-9-7-6-8-10-14)25(38)34-13-16-17(29(16,4)5)20(34)24(37)31-18(15-11-12-15)21(35)23(30)36/h14-20,22H,6-13H2,1-5H3,(H2,30,36)(H,31,37)(H,39,40)(H2,32,33,41)/t16-,17-,18?,19-,20-,22-/m0/s1. The molecule has 6 N–H and O–H groups in total. The van der Waals surface area contributed by atoms with Gasteiger partial charge < -0.3 is 31.7 Å². The number of primary amides is 1. The Hall–Kier alpha value is -3.18. The van der Waals surface area contributed by atoms with Crippen molar-refractivity contribution >= 4 is 35.5 Å². The van der Waals surface area contributed by atoms with Gasteiger partial charge in [-0.25, -0.2) is 9.59 Å². The quantitative estimate of drug-likeness (QED) is 0.242. The van der Waals surface area contributed by atoms with E-state index in [-0.39, 0.29) is 35.0 Å². The Labute approximate surface area is 240 Å². The zero-order valence-corrected chi connectivity index (χ0v) is 24.7. The lowest BCUT2D eigenvalue weighted by Crippen LogP contribution is -2.61. The Morgan fingerprint density at radius 1 is 0.878 bits per heavy atom. The van der Waals surface area contributed by atoms with Crippen LogP contribution in [0, 0.1) is 34.5 Å². The number of rotatable bonds is 10. The van der Waals surface area contributed by atoms with Crippen molar-refractivity contribution in [2.75, 3.05) is 6.54 Å². The van der Waals surface area contributed by atoms with Crippen molar-refractivity contribution in [1.29, 1.82) is 0 Å². The number of hydrogen-bond donors (Lipinski definition) is 5. The van der Waals surface area contributed by atoms with Gasteiger partial charge in [0.1, 0.15) is 24.2 Å². The molecule has 1 aliphatic heterocycles. The lowest BCUT2D eigenvalue weighted by molar-refractivity contribution is -0.144. The SMILES string of the molecule is CC(C)(C)[C@@H](NC(=O)N[C@H](C(=O)N1C[C@H]2[C@@H]([C@H]1C(=O)NC(C(=O)C(N)=O)C1CC1)C2(C)C)C1CCCCC1)C(=O)O. The van der Waals surface area contributed by atoms with Crippen LogP contribution in [0.15, 0.2) is 0 Å². The lowest BCUT2D eigenvalue weighted by Gasteiger charge is -2.37. The molecule has 3 saturated carbocycles. The zero-order valence-electron chi connectivity index (χ0n) is 24.7. The van der Waals surface area contributed by atoms with Gasteiger partial charge in [0.25, 0.3) is 5.91 Å². The maximum Gasteiger partial charge on any atom is 0.326 e. The molecule has 0 radical (unpaired) electrons. The predicted octanol–water partition coefficient (Wildman–Crippen LogP) is 1.17. The second-order valence-electron chi connectivity index (χ2n) is 14.1. The first-order valence-electron chi connectivity index (χ1n) is 14.8. The first-order valence-corrected chi connectivity index (χ1v) is 14.8. The van der Waals surface area contributed by atoms with Gasteiger partial charge in [-0.1, -0.05) is 53.9 Å². The fourth-order valence-corrected chi connectivity index (χ4v) is 7.02. The molecule has 4 rings (SSSR count). The monoisotopic (exact) mass is 575 g/mol. The Balaban J connectivity index is 1.56. The Morgan fingerprint density at radius 3 is 1.98 bits per heavy atom. The summed E-state index contributed by atoms with van der Waals surface area (Å²) in [6, 6.07) is -4.73. The number of nitrogens with two attached hydrogens (primary N) is 1. The molecular formula is C29H45N5O7. The second-order valence-corrected chi connectivity index (χ2v) is 14.1. The van der Waals surface area contributed by atoms with E-state index < -0.39 is 59.2 Å². The second kappa shape index (κ2) is 11.2. The number of carboxylic acid groups (broad SMARTS) is 1. The highest BCUT2D eigenvalue weighted by Crippen LogP contribution is 2.65. The number of nitrogens with zero attached hydrogens (tertiary/aromatic N) is 1. The molecule has 0 aromatic rings. The van der Waals surface area contributed by atoms with E-state index in [1.807, 2.05) is 13.8 Å². The summed E-state index contributed by atoms with van der Waals surface area (Å²) in [5, 5.41) is 17.7. The van der Waals surface area contributed by atoms with E-state index in [9.17, 15) is 33.9 Å². The molecule has 4 aliphatic rings. The van der Waals surface area contributed by atoms with Crippen molar-refractivity contribution in [2.24, 2.45) is 40.2 Å². The lowest BCUT2D eigenvalue weighted by atomic mass is 9.83. The van der Waals surface area contributed by atoms with Gasteiger partial charge in [0.15, 0.2) is 0 Å². The van der Waals surface area contributed by atoms with Gasteiger partial charge in [0.05, 0.1) is 0 Å². The van der Waals surface area contributed by atoms with Gasteiger partial charge in [-0.15, -0.1) is 0 Å². The number of fused-ring (bicyclic) bond motifs is 1. The van der Waals surface area contributed by atoms with Crippen LogP contribution >= 0.6 is 0 Å². The van der Waals surface area contributed by atoms with Gasteiger partial charge in [-0.3, -0.25) is 19.2 Å². The van der Waals surface area contributed by atoms with Gasteiger partial charge in [0, 0.05) is 6.54 Å². The molecular weight excluding hydrogens is 530 g/mol. The van der Waals surface area contributed by atoms with Crippen molar-refractivity contribution < 1.29 is 33.9 Å². The fourth-order valence-electron chi connectivity index (χ4n) is 7.02. The number of nitrogens with one attached hydrogen (secondary N) is 3. The van der Waals surface area contributed by atoms with Crippen molar-refractivity contribution in [3.05, 3.63) is 0 Å². The molecule has 0 spiro atoms. The molecule has 12 heteroatoms. The van der Waals surface area contributed by atoms with Gasteiger partial charge in [0.2, 0.25) is 17.6 Å². The van der Waals surface area contributed by atoms with Crippen molar-refractivity contribution in [1.82, 2.24) is 20.9 Å². The highest BCUT2D eigenvalue weighted by Gasteiger charge is 2.70. The van der Waals surface area contributed by atoms with Crippen LogP contribution in [0.1, 0.15) is 79.6 Å². The number of amides is 5. The molecule has 41 heavy (non-hydrogen) atoms. The van der Waals surface area contributed by atoms with Crippen LogP contribution in [-0.4, -0.2) is 76.2 Å². The van der Waals surface area contributed by atoms with Crippen LogP contribution in [0.2, 0.25) is 0 Å². The molecule has 0 bridgehead atoms. The third-order valence-electron chi connectivity index (χ3n) is 9.74. The van der Waals surface area contributed by atoms with E-state index >= 15 is 0 Å². The first-order chi connectivity index (χ1) is 19.1. The molecule has 0 aromatic carbocycles. The summed E-state index contributed by atoms with van der Waals surface area (Å²) < 4.78 is 0. The molecule has 1 saturated heterocycles. The number of hydrogen-bond acceptors (Lipinski definition) is 6. The number of piperidine rings is 1. The molecule has 0 aromatic heterocycles. The molecule has 3 aliphatic carbocycles. The molecule has 228 valence electrons. The van der Waals surface area contributed by atoms with Crippen LogP contribution in [0.4, 0.5) is 4.79 Å². The van der Waals surface area contributed by atoms with E-state index in [2.05, 4.69) is 16.0 Å². The van der Waals surface area contributed by atoms with E-state index in [0.29, 0.717) is 19.4 Å². The Kier molecular flexibility index (Phi) is 8.44. The first kappa shape index (κ1) is 30.8. The topological polar surface area (TPSA) is 188 Å². The number of aliphatic carboxylic acids is 1. The van der Waals surface area contributed by atoms with Crippen LogP contribution in [0.3, 0.4) is 0 Å². The summed E-state index contributed by atoms with van der Waals surface area (Å²) in [4.78, 5) is 78.6. The molecule has 1 unspecified atom stereocenters. The molecule has 6 atom stereocenters. The number of likely N-dealkylation sites (tertiary alicyclic amines) is 1. The van der Waals surface area contributed by atoms with E-state index in [1.54, 1.807) is 20.8 Å². The largest absolute Gasteiger partial charge is 0.480 e. The fraction of sp³-hybridized carbons (Fsp3) is 0.793. The number of urea groups is 1. The smallest absolute Gasteiger partial charge is 0.326 e. The van der Waals surface area contributed by atoms with Crippen LogP contribution in [0.25, 0.3) is 0 Å². The van der Waals surface area contributed by atoms with E-state index in [1.165, 1.54) is 4.90 Å². The summed E-state index contributed by atoms with van der Waals surface area (Å²) in [6.45, 7) is 9.53. The maximum atomic E-state index is 14.2. The summed E-state index contributed by atoms with van der Waals surface area (Å²) >= 11 is 0. The summed E-state index contributed by atoms with van der Waals surface area (Å²) in [5.74, 6) is -4.37. The third kappa shape index (κ3) is 6.35. The number of Topliss-reactive ketones (excluding diaryl/α,β-unsaturated/α-hetero) is 1. The van der Waals surface area contributed by atoms with Crippen LogP contribution in [0.5, 0.6) is 0 Å². The highest BCUT2D eigenvalue weighted by molar-refractivity contribution is 6.38. The van der Waals surface area contributed by atoms with Crippen molar-refractivity contribution in [3.8, 4) is 0 Å². The van der Waals surface area contributed by atoms with E-state index in [4.69, 9.17) is 5.73 Å². The Bertz CT molecular complexity index is 1110. The predicted molar refractivity (Wildman–Crippen MR) is 148 cm³/mol. The number of ketones is 1. The normalized spacial score (nSPS) is 27.5. The van der Waals surface area contributed by atoms with Crippen molar-refractivity contribution in [3.63, 3.8) is 0 Å². The molecule has 12 nitrogen and oxygen atoms in total. The molecule has 4 fully saturated rings. The van der Waals surface area contributed by atoms with Crippen LogP contribution in [-0.2, 0) is 24.0 Å². The maximum absolute atomic E-state index is 14.2. The summed E-state index contributed by atoms with van der Waals surface area (Å²) in [5.41, 5.74) is 4.30. The zero-order chi connectivity index (χ0) is 30.4. The minimum Gasteiger partial charge on any atom is -0.480 e. The van der Waals surface area contributed by atoms with Crippen molar-refractivity contribution in [2.45, 2.75) is 104 Å². The Morgan fingerprint density at radius 2 is 1.46 bits per heavy atom. The van der Waals surface area contributed by atoms with Gasteiger partial charge in [-0.05, 0) is 60.2 Å². The van der Waals surface area contributed by atoms with Gasteiger partial charge in [-0.2, -0.15) is 0 Å². The van der Waals surface area contributed by atoms with E-state index in [0.717, 1.165) is 32.1 Å². The number of carbonyl (C=O) groups excluding carboxylic acids is 5. The average molecular weight is 576 g/mol. The summed E-state index contributed by atoms with van der Waals surface area (Å²) in [6.07, 6.45) is 5.66. The molecule has 1 heterocycles. The van der Waals surface area contributed by atoms with Gasteiger partial charge >= 0.3 is 12.0 Å². The minimum atomic E-state index is -1.18. The minimum absolute atomic E-state index is 0.0755. The third-order valence-corrected chi connectivity index (χ3v) is 9.74. The average Bonchev–Trinajstić information content (AvgIpc) is 3.76. The highest BCUT2D eigenvalue weighted by atomic mass is 16.4. The molecule has 5 amide bonds. The number of carboxylic acids is 1. The number of carbonyl (C=O) groups is 6. The van der Waals surface area contributed by atoms with Crippen LogP contribution < -0.4 is 21.7 Å².